The summed E-state index contributed by atoms with van der Waals surface area (Å²) in [5, 5.41) is 19.7. The minimum atomic E-state index is -0.891. The SMILES string of the molecule is CCC(NCCCC(=O)O)C(=O)O. The second kappa shape index (κ2) is 6.42. The summed E-state index contributed by atoms with van der Waals surface area (Å²) in [5.41, 5.74) is 0. The zero-order valence-corrected chi connectivity index (χ0v) is 7.62. The molecule has 1 atom stereocenters. The van der Waals surface area contributed by atoms with Crippen LogP contribution >= 0.6 is 0 Å². The fraction of sp³-hybridized carbons (Fsp3) is 0.750. The van der Waals surface area contributed by atoms with Crippen LogP contribution in [0.25, 0.3) is 0 Å². The molecule has 0 aromatic rings. The van der Waals surface area contributed by atoms with E-state index in [-0.39, 0.29) is 6.42 Å². The molecule has 0 aliphatic carbocycles. The molecular formula is C8H15NO4. The number of hydrogen-bond donors (Lipinski definition) is 3. The Morgan fingerprint density at radius 1 is 1.38 bits per heavy atom. The molecule has 76 valence electrons. The zero-order valence-electron chi connectivity index (χ0n) is 7.62. The van der Waals surface area contributed by atoms with Gasteiger partial charge in [0, 0.05) is 6.42 Å². The standard InChI is InChI=1S/C8H15NO4/c1-2-6(8(12)13)9-5-3-4-7(10)11/h6,9H,2-5H2,1H3,(H,10,11)(H,12,13). The van der Waals surface area contributed by atoms with Crippen molar-refractivity contribution in [2.75, 3.05) is 6.54 Å². The predicted molar refractivity (Wildman–Crippen MR) is 46.6 cm³/mol. The molecule has 0 saturated heterocycles. The van der Waals surface area contributed by atoms with Crippen LogP contribution in [0.15, 0.2) is 0 Å². The van der Waals surface area contributed by atoms with Gasteiger partial charge in [-0.05, 0) is 19.4 Å². The molecule has 0 rings (SSSR count). The smallest absolute Gasteiger partial charge is 0.320 e. The highest BCUT2D eigenvalue weighted by atomic mass is 16.4. The van der Waals surface area contributed by atoms with E-state index in [4.69, 9.17) is 10.2 Å². The molecular weight excluding hydrogens is 174 g/mol. The summed E-state index contributed by atoms with van der Waals surface area (Å²) >= 11 is 0. The number of hydrogen-bond acceptors (Lipinski definition) is 3. The van der Waals surface area contributed by atoms with E-state index in [2.05, 4.69) is 5.32 Å². The molecule has 1 unspecified atom stereocenters. The number of carbonyl (C=O) groups is 2. The van der Waals surface area contributed by atoms with E-state index in [0.717, 1.165) is 0 Å². The molecule has 5 heteroatoms. The molecule has 0 aliphatic heterocycles. The first kappa shape index (κ1) is 11.9. The van der Waals surface area contributed by atoms with E-state index in [9.17, 15) is 9.59 Å². The normalized spacial score (nSPS) is 12.4. The monoisotopic (exact) mass is 189 g/mol. The maximum Gasteiger partial charge on any atom is 0.320 e. The summed E-state index contributed by atoms with van der Waals surface area (Å²) < 4.78 is 0. The van der Waals surface area contributed by atoms with Crippen molar-refractivity contribution in [3.63, 3.8) is 0 Å². The fourth-order valence-corrected chi connectivity index (χ4v) is 0.922. The minimum absolute atomic E-state index is 0.0725. The van der Waals surface area contributed by atoms with Gasteiger partial charge in [-0.15, -0.1) is 0 Å². The van der Waals surface area contributed by atoms with Crippen molar-refractivity contribution in [2.24, 2.45) is 0 Å². The third kappa shape index (κ3) is 6.10. The zero-order chi connectivity index (χ0) is 10.3. The molecule has 0 heterocycles. The van der Waals surface area contributed by atoms with Gasteiger partial charge in [-0.1, -0.05) is 6.92 Å². The summed E-state index contributed by atoms with van der Waals surface area (Å²) in [4.78, 5) is 20.6. The molecule has 0 aromatic carbocycles. The van der Waals surface area contributed by atoms with E-state index in [1.54, 1.807) is 6.92 Å². The van der Waals surface area contributed by atoms with Crippen molar-refractivity contribution < 1.29 is 19.8 Å². The van der Waals surface area contributed by atoms with Gasteiger partial charge in [0.25, 0.3) is 0 Å². The molecule has 0 spiro atoms. The largest absolute Gasteiger partial charge is 0.481 e. The lowest BCUT2D eigenvalue weighted by molar-refractivity contribution is -0.139. The Bertz CT molecular complexity index is 181. The second-order valence-electron chi connectivity index (χ2n) is 2.75. The summed E-state index contributed by atoms with van der Waals surface area (Å²) in [6.07, 6.45) is 1.03. The van der Waals surface area contributed by atoms with E-state index in [0.29, 0.717) is 19.4 Å². The summed E-state index contributed by atoms with van der Waals surface area (Å²) in [6, 6.07) is -0.561. The first-order chi connectivity index (χ1) is 6.07. The Morgan fingerprint density at radius 3 is 2.38 bits per heavy atom. The number of carboxylic acids is 2. The molecule has 0 aromatic heterocycles. The van der Waals surface area contributed by atoms with Crippen LogP contribution in [0.3, 0.4) is 0 Å². The van der Waals surface area contributed by atoms with Crippen molar-refractivity contribution >= 4 is 11.9 Å². The van der Waals surface area contributed by atoms with Crippen LogP contribution in [-0.4, -0.2) is 34.7 Å². The van der Waals surface area contributed by atoms with Gasteiger partial charge in [-0.2, -0.15) is 0 Å². The van der Waals surface area contributed by atoms with Gasteiger partial charge in [0.05, 0.1) is 0 Å². The van der Waals surface area contributed by atoms with Crippen LogP contribution in [0.5, 0.6) is 0 Å². The van der Waals surface area contributed by atoms with Gasteiger partial charge in [0.2, 0.25) is 0 Å². The van der Waals surface area contributed by atoms with Gasteiger partial charge in [0.15, 0.2) is 0 Å². The average molecular weight is 189 g/mol. The van der Waals surface area contributed by atoms with Crippen LogP contribution < -0.4 is 5.32 Å². The predicted octanol–water partition coefficient (Wildman–Crippen LogP) is 0.304. The van der Waals surface area contributed by atoms with Crippen molar-refractivity contribution in [3.8, 4) is 0 Å². The van der Waals surface area contributed by atoms with Crippen molar-refractivity contribution in [2.45, 2.75) is 32.2 Å². The molecule has 0 aliphatic rings. The van der Waals surface area contributed by atoms with E-state index < -0.39 is 18.0 Å². The molecule has 13 heavy (non-hydrogen) atoms. The Labute approximate surface area is 76.8 Å². The summed E-state index contributed by atoms with van der Waals surface area (Å²) in [7, 11) is 0. The lowest BCUT2D eigenvalue weighted by atomic mass is 10.2. The lowest BCUT2D eigenvalue weighted by Crippen LogP contribution is -2.36. The van der Waals surface area contributed by atoms with Gasteiger partial charge in [-0.3, -0.25) is 9.59 Å². The number of nitrogens with one attached hydrogen (secondary N) is 1. The number of aliphatic carboxylic acids is 2. The Kier molecular flexibility index (Phi) is 5.88. The maximum absolute atomic E-state index is 10.5. The van der Waals surface area contributed by atoms with Crippen LogP contribution in [0.2, 0.25) is 0 Å². The third-order valence-electron chi connectivity index (χ3n) is 1.66. The first-order valence-corrected chi connectivity index (χ1v) is 4.26. The number of rotatable bonds is 7. The molecule has 5 nitrogen and oxygen atoms in total. The molecule has 0 fully saturated rings. The van der Waals surface area contributed by atoms with Crippen LogP contribution in [0, 0.1) is 0 Å². The third-order valence-corrected chi connectivity index (χ3v) is 1.66. The van der Waals surface area contributed by atoms with Crippen molar-refractivity contribution in [3.05, 3.63) is 0 Å². The first-order valence-electron chi connectivity index (χ1n) is 4.26. The molecule has 0 bridgehead atoms. The molecule has 0 radical (unpaired) electrons. The van der Waals surface area contributed by atoms with Crippen LogP contribution in [0.4, 0.5) is 0 Å². The summed E-state index contributed by atoms with van der Waals surface area (Å²) in [6.45, 7) is 2.19. The van der Waals surface area contributed by atoms with Crippen molar-refractivity contribution in [1.82, 2.24) is 5.32 Å². The van der Waals surface area contributed by atoms with Crippen LogP contribution in [0.1, 0.15) is 26.2 Å². The van der Waals surface area contributed by atoms with Gasteiger partial charge in [0.1, 0.15) is 6.04 Å². The van der Waals surface area contributed by atoms with Crippen molar-refractivity contribution in [1.29, 1.82) is 0 Å². The summed E-state index contributed by atoms with van der Waals surface area (Å²) in [5.74, 6) is -1.75. The highest BCUT2D eigenvalue weighted by Gasteiger charge is 2.12. The lowest BCUT2D eigenvalue weighted by Gasteiger charge is -2.10. The van der Waals surface area contributed by atoms with Crippen LogP contribution in [-0.2, 0) is 9.59 Å². The average Bonchev–Trinajstić information content (AvgIpc) is 2.03. The fourth-order valence-electron chi connectivity index (χ4n) is 0.922. The molecule has 3 N–H and O–H groups in total. The second-order valence-corrected chi connectivity index (χ2v) is 2.75. The van der Waals surface area contributed by atoms with E-state index in [1.165, 1.54) is 0 Å². The van der Waals surface area contributed by atoms with Gasteiger partial charge < -0.3 is 15.5 Å². The Morgan fingerprint density at radius 2 is 2.00 bits per heavy atom. The molecule has 0 amide bonds. The maximum atomic E-state index is 10.5. The van der Waals surface area contributed by atoms with Gasteiger partial charge >= 0.3 is 11.9 Å². The quantitative estimate of drug-likeness (QED) is 0.501. The minimum Gasteiger partial charge on any atom is -0.481 e. The molecule has 0 saturated carbocycles. The topological polar surface area (TPSA) is 86.6 Å². The highest BCUT2D eigenvalue weighted by Crippen LogP contribution is 1.92. The van der Waals surface area contributed by atoms with Gasteiger partial charge in [-0.25, -0.2) is 0 Å². The van der Waals surface area contributed by atoms with E-state index in [1.807, 2.05) is 0 Å². The number of carboxylic acid groups (broad SMARTS) is 2. The Hall–Kier alpha value is -1.10. The highest BCUT2D eigenvalue weighted by molar-refractivity contribution is 5.73. The Balaban J connectivity index is 3.50. The van der Waals surface area contributed by atoms with E-state index >= 15 is 0 Å².